The van der Waals surface area contributed by atoms with Crippen LogP contribution in [0, 0.1) is 47.7 Å². The van der Waals surface area contributed by atoms with Crippen molar-refractivity contribution in [1.82, 2.24) is 19.9 Å². The maximum atomic E-state index is 17.2. The lowest BCUT2D eigenvalue weighted by molar-refractivity contribution is -0.0317. The van der Waals surface area contributed by atoms with Crippen molar-refractivity contribution in [3.63, 3.8) is 0 Å². The van der Waals surface area contributed by atoms with Gasteiger partial charge in [0.2, 0.25) is 5.88 Å². The van der Waals surface area contributed by atoms with Crippen LogP contribution in [0.5, 0.6) is 17.6 Å². The van der Waals surface area contributed by atoms with E-state index in [1.165, 1.54) is 31.4 Å². The fraction of sp³-hybridized carbons (Fsp3) is 0.500. The average molecular weight is 722 g/mol. The molecule has 2 saturated heterocycles. The van der Waals surface area contributed by atoms with Crippen molar-refractivity contribution in [2.75, 3.05) is 51.5 Å². The Morgan fingerprint density at radius 1 is 0.962 bits per heavy atom. The van der Waals surface area contributed by atoms with Gasteiger partial charge in [-0.3, -0.25) is 4.90 Å². The first-order valence-corrected chi connectivity index (χ1v) is 18.9. The molecule has 2 saturated carbocycles. The van der Waals surface area contributed by atoms with E-state index < -0.39 is 11.6 Å². The van der Waals surface area contributed by atoms with Crippen LogP contribution in [-0.4, -0.2) is 83.6 Å². The van der Waals surface area contributed by atoms with Crippen LogP contribution >= 0.6 is 0 Å². The van der Waals surface area contributed by atoms with Gasteiger partial charge < -0.3 is 24.2 Å². The SMILES string of the molecule is C#Cc1c(F)ccc2cc(O)cc(-c3nc(OC)c4c(N5CCCOCC5)nc(OCC56CCCC5N(C5CCC(C#C)CC5)CCC6)nc4c3F)c12. The number of terminal acetylenes is 2. The van der Waals surface area contributed by atoms with E-state index in [2.05, 4.69) is 21.7 Å². The summed E-state index contributed by atoms with van der Waals surface area (Å²) >= 11 is 0. The smallest absolute Gasteiger partial charge is 0.319 e. The van der Waals surface area contributed by atoms with Crippen molar-refractivity contribution < 1.29 is 28.1 Å². The number of aromatic hydroxyl groups is 1. The largest absolute Gasteiger partial charge is 0.508 e. The van der Waals surface area contributed by atoms with Crippen molar-refractivity contribution in [2.24, 2.45) is 11.3 Å². The number of aromatic nitrogens is 3. The number of fused-ring (bicyclic) bond motifs is 3. The second-order valence-electron chi connectivity index (χ2n) is 15.0. The van der Waals surface area contributed by atoms with E-state index in [-0.39, 0.29) is 50.8 Å². The Kier molecular flexibility index (Phi) is 9.74. The molecule has 0 bridgehead atoms. The molecule has 53 heavy (non-hydrogen) atoms. The number of hydrogen-bond acceptors (Lipinski definition) is 9. The Hall–Kier alpha value is -4.71. The maximum absolute atomic E-state index is 17.2. The molecule has 2 unspecified atom stereocenters. The molecule has 4 heterocycles. The molecular weight excluding hydrogens is 676 g/mol. The molecule has 11 heteroatoms. The van der Waals surface area contributed by atoms with Crippen LogP contribution < -0.4 is 14.4 Å². The predicted octanol–water partition coefficient (Wildman–Crippen LogP) is 7.25. The van der Waals surface area contributed by atoms with Gasteiger partial charge in [0.25, 0.3) is 0 Å². The predicted molar refractivity (Wildman–Crippen MR) is 200 cm³/mol. The Bertz CT molecular complexity index is 2120. The summed E-state index contributed by atoms with van der Waals surface area (Å²) in [5, 5.41) is 11.7. The molecule has 9 nitrogen and oxygen atoms in total. The molecular formula is C42H45F2N5O4. The number of likely N-dealkylation sites (tertiary alicyclic amines) is 1. The highest BCUT2D eigenvalue weighted by atomic mass is 19.1. The number of phenolic OH excluding ortho intramolecular Hbond substituents is 1. The lowest BCUT2D eigenvalue weighted by atomic mass is 9.73. The van der Waals surface area contributed by atoms with E-state index >= 15 is 8.78 Å². The second-order valence-corrected chi connectivity index (χ2v) is 15.0. The van der Waals surface area contributed by atoms with E-state index in [0.29, 0.717) is 67.5 Å². The minimum Gasteiger partial charge on any atom is -0.508 e. The van der Waals surface area contributed by atoms with Crippen LogP contribution in [0.3, 0.4) is 0 Å². The van der Waals surface area contributed by atoms with Gasteiger partial charge in [0.15, 0.2) is 5.82 Å². The van der Waals surface area contributed by atoms with Gasteiger partial charge in [-0.15, -0.1) is 18.8 Å². The molecule has 2 atom stereocenters. The van der Waals surface area contributed by atoms with Gasteiger partial charge >= 0.3 is 6.01 Å². The second kappa shape index (κ2) is 14.6. The Morgan fingerprint density at radius 3 is 2.58 bits per heavy atom. The molecule has 4 aliphatic rings. The first kappa shape index (κ1) is 35.3. The molecule has 276 valence electrons. The number of methoxy groups -OCH3 is 1. The average Bonchev–Trinajstić information content (AvgIpc) is 3.43. The molecule has 1 N–H and O–H groups in total. The maximum Gasteiger partial charge on any atom is 0.319 e. The van der Waals surface area contributed by atoms with Crippen LogP contribution in [0.25, 0.3) is 32.9 Å². The Morgan fingerprint density at radius 2 is 1.79 bits per heavy atom. The van der Waals surface area contributed by atoms with Crippen LogP contribution in [0.4, 0.5) is 14.6 Å². The van der Waals surface area contributed by atoms with Crippen molar-refractivity contribution in [1.29, 1.82) is 0 Å². The normalized spacial score (nSPS) is 25.1. The summed E-state index contributed by atoms with van der Waals surface area (Å²) < 4.78 is 50.5. The van der Waals surface area contributed by atoms with Crippen LogP contribution in [0.1, 0.15) is 69.8 Å². The molecule has 2 aliphatic carbocycles. The monoisotopic (exact) mass is 721 g/mol. The summed E-state index contributed by atoms with van der Waals surface area (Å²) in [6, 6.07) is 6.49. The number of piperidine rings is 1. The first-order chi connectivity index (χ1) is 25.8. The van der Waals surface area contributed by atoms with Gasteiger partial charge in [-0.1, -0.05) is 18.4 Å². The van der Waals surface area contributed by atoms with Gasteiger partial charge in [-0.2, -0.15) is 9.97 Å². The van der Waals surface area contributed by atoms with E-state index in [0.717, 1.165) is 70.8 Å². The Labute approximate surface area is 309 Å². The lowest BCUT2D eigenvalue weighted by Crippen LogP contribution is -2.56. The summed E-state index contributed by atoms with van der Waals surface area (Å²) in [5.74, 6) is 4.68. The number of hydrogen-bond donors (Lipinski definition) is 1. The van der Waals surface area contributed by atoms with Crippen molar-refractivity contribution in [2.45, 2.75) is 76.3 Å². The van der Waals surface area contributed by atoms with Gasteiger partial charge in [0.1, 0.15) is 34.0 Å². The topological polar surface area (TPSA) is 93.1 Å². The zero-order valence-electron chi connectivity index (χ0n) is 30.2. The fourth-order valence-electron chi connectivity index (χ4n) is 9.59. The Balaban J connectivity index is 1.22. The zero-order valence-corrected chi connectivity index (χ0v) is 30.2. The molecule has 2 aromatic heterocycles. The molecule has 8 rings (SSSR count). The van der Waals surface area contributed by atoms with E-state index in [4.69, 9.17) is 37.0 Å². The van der Waals surface area contributed by atoms with Gasteiger partial charge in [0, 0.05) is 54.1 Å². The molecule has 0 spiro atoms. The zero-order chi connectivity index (χ0) is 36.7. The third-order valence-corrected chi connectivity index (χ3v) is 12.1. The molecule has 4 fully saturated rings. The lowest BCUT2D eigenvalue weighted by Gasteiger charge is -2.50. The summed E-state index contributed by atoms with van der Waals surface area (Å²) in [5.41, 5.74) is -0.258. The summed E-state index contributed by atoms with van der Waals surface area (Å²) in [6.07, 6.45) is 22.1. The first-order valence-electron chi connectivity index (χ1n) is 18.9. The highest BCUT2D eigenvalue weighted by molar-refractivity contribution is 6.04. The third-order valence-electron chi connectivity index (χ3n) is 12.1. The van der Waals surface area contributed by atoms with Gasteiger partial charge in [0.05, 0.1) is 25.9 Å². The van der Waals surface area contributed by atoms with E-state index in [1.807, 2.05) is 4.90 Å². The minimum absolute atomic E-state index is 0.0526. The number of pyridine rings is 1. The van der Waals surface area contributed by atoms with E-state index in [9.17, 15) is 5.11 Å². The molecule has 2 aromatic carbocycles. The number of benzene rings is 2. The molecule has 4 aromatic rings. The van der Waals surface area contributed by atoms with Crippen molar-refractivity contribution >= 4 is 27.5 Å². The number of phenols is 1. The quantitative estimate of drug-likeness (QED) is 0.198. The third kappa shape index (κ3) is 6.38. The molecule has 0 amide bonds. The summed E-state index contributed by atoms with van der Waals surface area (Å²) in [7, 11) is 1.45. The van der Waals surface area contributed by atoms with Gasteiger partial charge in [-0.25, -0.2) is 13.8 Å². The number of halogens is 2. The van der Waals surface area contributed by atoms with Crippen LogP contribution in [-0.2, 0) is 4.74 Å². The highest BCUT2D eigenvalue weighted by Gasteiger charge is 2.50. The number of rotatable bonds is 7. The molecule has 0 radical (unpaired) electrons. The molecule has 2 aliphatic heterocycles. The number of nitrogens with zero attached hydrogens (tertiary/aromatic N) is 5. The highest BCUT2D eigenvalue weighted by Crippen LogP contribution is 2.50. The van der Waals surface area contributed by atoms with Crippen LogP contribution in [0.15, 0.2) is 24.3 Å². The fourth-order valence-corrected chi connectivity index (χ4v) is 9.59. The standard InChI is InChI=1S/C42H45F2N5O4/c1-4-26-10-13-28(14-11-26)49-19-7-17-42(16-6-9-33(42)49)25-53-41-46-38-35(39(47-41)48-18-8-21-52-22-20-48)40(51-3)45-37(36(38)44)31-24-29(50)23-27-12-15-32(43)30(5-2)34(27)31/h1-2,12,15,23-24,26,28,33,50H,6-11,13-14,16-22,25H2,3H3. The number of anilines is 1. The van der Waals surface area contributed by atoms with Crippen molar-refractivity contribution in [3.8, 4) is 53.6 Å². The van der Waals surface area contributed by atoms with E-state index in [1.54, 1.807) is 0 Å². The summed E-state index contributed by atoms with van der Waals surface area (Å²) in [4.78, 5) is 19.1. The van der Waals surface area contributed by atoms with Crippen molar-refractivity contribution in [3.05, 3.63) is 41.5 Å². The summed E-state index contributed by atoms with van der Waals surface area (Å²) in [6.45, 7) is 3.70. The number of ether oxygens (including phenoxy) is 3. The van der Waals surface area contributed by atoms with Crippen LogP contribution in [0.2, 0.25) is 0 Å². The minimum atomic E-state index is -0.789. The van der Waals surface area contributed by atoms with Gasteiger partial charge in [-0.05, 0) is 87.9 Å².